The standard InChI is InChI=1S/C15H27NO/c1-3-5-7-9-11-13-14(15(16)17)12-10-8-6-4-2/h8,10,13H,3-7,9,11-12H2,1-2H3,(H2,16,17). The van der Waals surface area contributed by atoms with Gasteiger partial charge in [-0.15, -0.1) is 0 Å². The molecule has 0 aromatic rings. The second kappa shape index (κ2) is 11.4. The third kappa shape index (κ3) is 9.86. The lowest BCUT2D eigenvalue weighted by atomic mass is 10.1. The van der Waals surface area contributed by atoms with Gasteiger partial charge in [0, 0.05) is 5.57 Å². The Morgan fingerprint density at radius 3 is 2.35 bits per heavy atom. The molecular formula is C15H27NO. The molecule has 0 bridgehead atoms. The molecule has 0 atom stereocenters. The van der Waals surface area contributed by atoms with E-state index in [4.69, 9.17) is 5.73 Å². The highest BCUT2D eigenvalue weighted by atomic mass is 16.1. The first-order valence-corrected chi connectivity index (χ1v) is 6.86. The van der Waals surface area contributed by atoms with Crippen LogP contribution in [-0.4, -0.2) is 5.91 Å². The number of allylic oxidation sites excluding steroid dienone is 3. The van der Waals surface area contributed by atoms with E-state index < -0.39 is 0 Å². The second-order valence-electron chi connectivity index (χ2n) is 4.41. The number of hydrogen-bond donors (Lipinski definition) is 1. The molecule has 2 N–H and O–H groups in total. The summed E-state index contributed by atoms with van der Waals surface area (Å²) < 4.78 is 0. The molecule has 98 valence electrons. The van der Waals surface area contributed by atoms with E-state index in [-0.39, 0.29) is 5.91 Å². The summed E-state index contributed by atoms with van der Waals surface area (Å²) in [6, 6.07) is 0. The number of primary amides is 1. The van der Waals surface area contributed by atoms with Crippen LogP contribution in [0.1, 0.15) is 65.2 Å². The SMILES string of the molecule is CCCC=CCC(=CCCCCCC)C(N)=O. The molecule has 0 fully saturated rings. The molecular weight excluding hydrogens is 210 g/mol. The zero-order valence-corrected chi connectivity index (χ0v) is 11.4. The molecule has 0 radical (unpaired) electrons. The normalized spacial score (nSPS) is 12.2. The lowest BCUT2D eigenvalue weighted by Crippen LogP contribution is -2.13. The quantitative estimate of drug-likeness (QED) is 0.347. The Kier molecular flexibility index (Phi) is 10.7. The van der Waals surface area contributed by atoms with E-state index in [9.17, 15) is 4.79 Å². The van der Waals surface area contributed by atoms with Gasteiger partial charge in [0.2, 0.25) is 5.91 Å². The van der Waals surface area contributed by atoms with Crippen LogP contribution in [0.2, 0.25) is 0 Å². The van der Waals surface area contributed by atoms with Crippen molar-refractivity contribution in [2.24, 2.45) is 5.73 Å². The van der Waals surface area contributed by atoms with Crippen LogP contribution in [-0.2, 0) is 4.79 Å². The maximum atomic E-state index is 11.2. The highest BCUT2D eigenvalue weighted by Gasteiger charge is 2.01. The molecule has 0 saturated carbocycles. The first kappa shape index (κ1) is 16.0. The molecule has 0 aliphatic rings. The first-order chi connectivity index (χ1) is 8.22. The third-order valence-electron chi connectivity index (χ3n) is 2.72. The third-order valence-corrected chi connectivity index (χ3v) is 2.72. The molecule has 0 saturated heterocycles. The number of nitrogens with two attached hydrogens (primary N) is 1. The zero-order valence-electron chi connectivity index (χ0n) is 11.4. The molecule has 0 aliphatic carbocycles. The Morgan fingerprint density at radius 1 is 1.00 bits per heavy atom. The number of carbonyl (C=O) groups is 1. The van der Waals surface area contributed by atoms with Gasteiger partial charge in [-0.05, 0) is 25.7 Å². The monoisotopic (exact) mass is 237 g/mol. The van der Waals surface area contributed by atoms with Gasteiger partial charge in [-0.2, -0.15) is 0 Å². The fourth-order valence-electron chi connectivity index (χ4n) is 1.63. The van der Waals surface area contributed by atoms with E-state index in [1.54, 1.807) is 0 Å². The van der Waals surface area contributed by atoms with E-state index in [1.165, 1.54) is 19.3 Å². The maximum absolute atomic E-state index is 11.2. The van der Waals surface area contributed by atoms with Gasteiger partial charge in [0.25, 0.3) is 0 Å². The summed E-state index contributed by atoms with van der Waals surface area (Å²) in [5, 5.41) is 0. The summed E-state index contributed by atoms with van der Waals surface area (Å²) in [5.41, 5.74) is 6.11. The van der Waals surface area contributed by atoms with E-state index in [0.29, 0.717) is 6.42 Å². The van der Waals surface area contributed by atoms with Gasteiger partial charge in [-0.3, -0.25) is 4.79 Å². The van der Waals surface area contributed by atoms with Crippen LogP contribution in [0.3, 0.4) is 0 Å². The van der Waals surface area contributed by atoms with Crippen molar-refractivity contribution in [3.63, 3.8) is 0 Å². The molecule has 17 heavy (non-hydrogen) atoms. The summed E-state index contributed by atoms with van der Waals surface area (Å²) >= 11 is 0. The van der Waals surface area contributed by atoms with Crippen molar-refractivity contribution in [3.05, 3.63) is 23.8 Å². The molecule has 0 spiro atoms. The number of unbranched alkanes of at least 4 members (excludes halogenated alkanes) is 5. The largest absolute Gasteiger partial charge is 0.366 e. The van der Waals surface area contributed by atoms with Crippen LogP contribution in [0.4, 0.5) is 0 Å². The lowest BCUT2D eigenvalue weighted by Gasteiger charge is -2.00. The van der Waals surface area contributed by atoms with Crippen molar-refractivity contribution in [1.29, 1.82) is 0 Å². The average molecular weight is 237 g/mol. The fraction of sp³-hybridized carbons (Fsp3) is 0.667. The van der Waals surface area contributed by atoms with Crippen molar-refractivity contribution in [3.8, 4) is 0 Å². The Balaban J connectivity index is 3.95. The molecule has 2 heteroatoms. The van der Waals surface area contributed by atoms with Gasteiger partial charge in [-0.25, -0.2) is 0 Å². The van der Waals surface area contributed by atoms with Crippen molar-refractivity contribution in [2.75, 3.05) is 0 Å². The van der Waals surface area contributed by atoms with Gasteiger partial charge >= 0.3 is 0 Å². The predicted octanol–water partition coefficient (Wildman–Crippen LogP) is 4.11. The minimum Gasteiger partial charge on any atom is -0.366 e. The first-order valence-electron chi connectivity index (χ1n) is 6.86. The fourth-order valence-corrected chi connectivity index (χ4v) is 1.63. The van der Waals surface area contributed by atoms with E-state index in [1.807, 2.05) is 12.2 Å². The zero-order chi connectivity index (χ0) is 12.9. The van der Waals surface area contributed by atoms with E-state index in [2.05, 4.69) is 19.9 Å². The molecule has 0 aromatic carbocycles. The molecule has 0 heterocycles. The van der Waals surface area contributed by atoms with Crippen LogP contribution in [0, 0.1) is 0 Å². The van der Waals surface area contributed by atoms with Crippen LogP contribution >= 0.6 is 0 Å². The molecule has 1 amide bonds. The Morgan fingerprint density at radius 2 is 1.76 bits per heavy atom. The van der Waals surface area contributed by atoms with Crippen molar-refractivity contribution >= 4 is 5.91 Å². The van der Waals surface area contributed by atoms with Crippen LogP contribution in [0.5, 0.6) is 0 Å². The van der Waals surface area contributed by atoms with Gasteiger partial charge in [0.15, 0.2) is 0 Å². The number of rotatable bonds is 10. The van der Waals surface area contributed by atoms with Gasteiger partial charge in [0.05, 0.1) is 0 Å². The maximum Gasteiger partial charge on any atom is 0.244 e. The Bertz CT molecular complexity index is 254. The highest BCUT2D eigenvalue weighted by Crippen LogP contribution is 2.09. The lowest BCUT2D eigenvalue weighted by molar-refractivity contribution is -0.114. The summed E-state index contributed by atoms with van der Waals surface area (Å²) in [6.45, 7) is 4.34. The van der Waals surface area contributed by atoms with Gasteiger partial charge < -0.3 is 5.73 Å². The summed E-state index contributed by atoms with van der Waals surface area (Å²) in [4.78, 5) is 11.2. The molecule has 0 unspecified atom stereocenters. The molecule has 0 aromatic heterocycles. The predicted molar refractivity (Wildman–Crippen MR) is 74.7 cm³/mol. The van der Waals surface area contributed by atoms with E-state index in [0.717, 1.165) is 31.3 Å². The summed E-state index contributed by atoms with van der Waals surface area (Å²) in [7, 11) is 0. The molecule has 2 nitrogen and oxygen atoms in total. The van der Waals surface area contributed by atoms with Crippen molar-refractivity contribution in [1.82, 2.24) is 0 Å². The molecule has 0 aliphatic heterocycles. The number of hydrogen-bond acceptors (Lipinski definition) is 1. The second-order valence-corrected chi connectivity index (χ2v) is 4.41. The van der Waals surface area contributed by atoms with Crippen molar-refractivity contribution in [2.45, 2.75) is 65.2 Å². The Labute approximate surface area is 106 Å². The summed E-state index contributed by atoms with van der Waals surface area (Å²) in [6.07, 6.45) is 15.0. The minimum absolute atomic E-state index is 0.276. The number of carbonyl (C=O) groups excluding carboxylic acids is 1. The Hall–Kier alpha value is -1.05. The highest BCUT2D eigenvalue weighted by molar-refractivity contribution is 5.92. The van der Waals surface area contributed by atoms with Gasteiger partial charge in [0.1, 0.15) is 0 Å². The summed E-state index contributed by atoms with van der Waals surface area (Å²) in [5.74, 6) is -0.276. The smallest absolute Gasteiger partial charge is 0.244 e. The van der Waals surface area contributed by atoms with E-state index >= 15 is 0 Å². The van der Waals surface area contributed by atoms with Crippen LogP contribution < -0.4 is 5.73 Å². The number of amides is 1. The minimum atomic E-state index is -0.276. The van der Waals surface area contributed by atoms with Crippen LogP contribution in [0.25, 0.3) is 0 Å². The average Bonchev–Trinajstić information content (AvgIpc) is 2.31. The van der Waals surface area contributed by atoms with Crippen molar-refractivity contribution < 1.29 is 4.79 Å². The molecule has 0 rings (SSSR count). The van der Waals surface area contributed by atoms with Crippen LogP contribution in [0.15, 0.2) is 23.8 Å². The van der Waals surface area contributed by atoms with Gasteiger partial charge in [-0.1, -0.05) is 57.8 Å². The topological polar surface area (TPSA) is 43.1 Å².